The fraction of sp³-hybridized carbons (Fsp3) is 0.263. The van der Waals surface area contributed by atoms with Gasteiger partial charge in [0.2, 0.25) is 6.79 Å². The summed E-state index contributed by atoms with van der Waals surface area (Å²) in [7, 11) is 0. The quantitative estimate of drug-likeness (QED) is 0.859. The molecular formula is C19H18FNO2. The van der Waals surface area contributed by atoms with Crippen LogP contribution in [0.5, 0.6) is 11.5 Å². The molecule has 118 valence electrons. The molecule has 0 spiro atoms. The summed E-state index contributed by atoms with van der Waals surface area (Å²) in [6.07, 6.45) is 3.22. The van der Waals surface area contributed by atoms with E-state index in [9.17, 15) is 4.39 Å². The molecular weight excluding hydrogens is 293 g/mol. The van der Waals surface area contributed by atoms with Crippen LogP contribution in [0.2, 0.25) is 0 Å². The predicted molar refractivity (Wildman–Crippen MR) is 86.8 cm³/mol. The highest BCUT2D eigenvalue weighted by Gasteiger charge is 2.16. The van der Waals surface area contributed by atoms with E-state index >= 15 is 0 Å². The van der Waals surface area contributed by atoms with Gasteiger partial charge in [0.05, 0.1) is 0 Å². The standard InChI is InChI=1S/C19H18FNO2/c20-17-4-2-15(3-5-17)16-7-9-21(10-8-16)12-14-1-6-18-19(11-14)23-13-22-18/h1-7,11H,8-10,12-13H2. The van der Waals surface area contributed by atoms with Crippen LogP contribution in [0.4, 0.5) is 4.39 Å². The fourth-order valence-electron chi connectivity index (χ4n) is 3.08. The third-order valence-electron chi connectivity index (χ3n) is 4.35. The van der Waals surface area contributed by atoms with Crippen LogP contribution in [0.15, 0.2) is 48.5 Å². The molecule has 2 aliphatic rings. The number of fused-ring (bicyclic) bond motifs is 1. The average molecular weight is 311 g/mol. The van der Waals surface area contributed by atoms with E-state index in [1.807, 2.05) is 18.2 Å². The first kappa shape index (κ1) is 14.3. The van der Waals surface area contributed by atoms with Crippen molar-refractivity contribution in [2.45, 2.75) is 13.0 Å². The topological polar surface area (TPSA) is 21.7 Å². The van der Waals surface area contributed by atoms with Gasteiger partial charge >= 0.3 is 0 Å². The Morgan fingerprint density at radius 3 is 2.61 bits per heavy atom. The van der Waals surface area contributed by atoms with Crippen molar-refractivity contribution in [1.82, 2.24) is 4.90 Å². The van der Waals surface area contributed by atoms with Gasteiger partial charge in [0.1, 0.15) is 5.82 Å². The third-order valence-corrected chi connectivity index (χ3v) is 4.35. The first-order valence-electron chi connectivity index (χ1n) is 7.84. The van der Waals surface area contributed by atoms with Crippen LogP contribution in [0, 0.1) is 5.82 Å². The minimum atomic E-state index is -0.186. The van der Waals surface area contributed by atoms with E-state index < -0.39 is 0 Å². The SMILES string of the molecule is Fc1ccc(C2=CCN(Cc3ccc4c(c3)OCO4)CC2)cc1. The molecule has 0 bridgehead atoms. The van der Waals surface area contributed by atoms with Crippen molar-refractivity contribution in [3.05, 3.63) is 65.5 Å². The van der Waals surface area contributed by atoms with Crippen LogP contribution in [0.3, 0.4) is 0 Å². The molecule has 0 aliphatic carbocycles. The van der Waals surface area contributed by atoms with Gasteiger partial charge in [0, 0.05) is 19.6 Å². The molecule has 0 amide bonds. The van der Waals surface area contributed by atoms with Gasteiger partial charge in [-0.2, -0.15) is 0 Å². The first-order valence-corrected chi connectivity index (χ1v) is 7.84. The second-order valence-electron chi connectivity index (χ2n) is 5.91. The first-order chi connectivity index (χ1) is 11.3. The zero-order valence-electron chi connectivity index (χ0n) is 12.8. The van der Waals surface area contributed by atoms with Gasteiger partial charge in [-0.15, -0.1) is 0 Å². The maximum atomic E-state index is 13.0. The highest BCUT2D eigenvalue weighted by Crippen LogP contribution is 2.33. The van der Waals surface area contributed by atoms with Gasteiger partial charge in [0.15, 0.2) is 11.5 Å². The Labute approximate surface area is 134 Å². The summed E-state index contributed by atoms with van der Waals surface area (Å²) in [4.78, 5) is 2.39. The Kier molecular flexibility index (Phi) is 3.75. The van der Waals surface area contributed by atoms with Crippen molar-refractivity contribution < 1.29 is 13.9 Å². The second-order valence-corrected chi connectivity index (χ2v) is 5.91. The molecule has 0 fully saturated rings. The van der Waals surface area contributed by atoms with Crippen molar-refractivity contribution in [3.63, 3.8) is 0 Å². The van der Waals surface area contributed by atoms with E-state index in [-0.39, 0.29) is 5.82 Å². The number of nitrogens with zero attached hydrogens (tertiary/aromatic N) is 1. The number of hydrogen-bond acceptors (Lipinski definition) is 3. The summed E-state index contributed by atoms with van der Waals surface area (Å²) >= 11 is 0. The smallest absolute Gasteiger partial charge is 0.231 e. The Bertz CT molecular complexity index is 740. The van der Waals surface area contributed by atoms with Gasteiger partial charge in [-0.1, -0.05) is 24.3 Å². The monoisotopic (exact) mass is 311 g/mol. The minimum Gasteiger partial charge on any atom is -0.454 e. The van der Waals surface area contributed by atoms with E-state index in [1.54, 1.807) is 0 Å². The van der Waals surface area contributed by atoms with Crippen LogP contribution < -0.4 is 9.47 Å². The molecule has 0 saturated heterocycles. The molecule has 2 aromatic carbocycles. The lowest BCUT2D eigenvalue weighted by Gasteiger charge is -2.26. The number of ether oxygens (including phenoxy) is 2. The highest BCUT2D eigenvalue weighted by molar-refractivity contribution is 5.66. The zero-order valence-corrected chi connectivity index (χ0v) is 12.8. The van der Waals surface area contributed by atoms with Gasteiger partial charge in [0.25, 0.3) is 0 Å². The van der Waals surface area contributed by atoms with Crippen LogP contribution in [-0.2, 0) is 6.54 Å². The molecule has 23 heavy (non-hydrogen) atoms. The maximum Gasteiger partial charge on any atom is 0.231 e. The van der Waals surface area contributed by atoms with Gasteiger partial charge < -0.3 is 9.47 Å². The highest BCUT2D eigenvalue weighted by atomic mass is 19.1. The summed E-state index contributed by atoms with van der Waals surface area (Å²) in [5.41, 5.74) is 3.65. The molecule has 0 N–H and O–H groups in total. The molecule has 0 aromatic heterocycles. The summed E-state index contributed by atoms with van der Waals surface area (Å²) < 4.78 is 23.8. The summed E-state index contributed by atoms with van der Waals surface area (Å²) in [6.45, 7) is 3.11. The molecule has 4 heteroatoms. The molecule has 4 rings (SSSR count). The molecule has 0 radical (unpaired) electrons. The predicted octanol–water partition coefficient (Wildman–Crippen LogP) is 3.84. The number of benzene rings is 2. The number of rotatable bonds is 3. The Hall–Kier alpha value is -2.33. The third kappa shape index (κ3) is 3.08. The number of halogens is 1. The number of hydrogen-bond donors (Lipinski definition) is 0. The lowest BCUT2D eigenvalue weighted by Crippen LogP contribution is -2.28. The second kappa shape index (κ2) is 6.05. The van der Waals surface area contributed by atoms with Crippen LogP contribution in [0.1, 0.15) is 17.5 Å². The Morgan fingerprint density at radius 1 is 1.00 bits per heavy atom. The molecule has 2 aliphatic heterocycles. The van der Waals surface area contributed by atoms with E-state index in [1.165, 1.54) is 23.3 Å². The molecule has 2 aromatic rings. The van der Waals surface area contributed by atoms with Crippen molar-refractivity contribution in [2.24, 2.45) is 0 Å². The minimum absolute atomic E-state index is 0.186. The van der Waals surface area contributed by atoms with Gasteiger partial charge in [-0.05, 0) is 47.4 Å². The normalized spacial score (nSPS) is 17.2. The largest absolute Gasteiger partial charge is 0.454 e. The van der Waals surface area contributed by atoms with Gasteiger partial charge in [-0.25, -0.2) is 4.39 Å². The lowest BCUT2D eigenvalue weighted by molar-refractivity contribution is 0.174. The van der Waals surface area contributed by atoms with Crippen LogP contribution in [0.25, 0.3) is 5.57 Å². The molecule has 3 nitrogen and oxygen atoms in total. The van der Waals surface area contributed by atoms with E-state index in [0.29, 0.717) is 6.79 Å². The fourth-order valence-corrected chi connectivity index (χ4v) is 3.08. The lowest BCUT2D eigenvalue weighted by atomic mass is 9.99. The summed E-state index contributed by atoms with van der Waals surface area (Å²) in [5, 5.41) is 0. The van der Waals surface area contributed by atoms with Crippen molar-refractivity contribution in [3.8, 4) is 11.5 Å². The van der Waals surface area contributed by atoms with Crippen LogP contribution >= 0.6 is 0 Å². The van der Waals surface area contributed by atoms with E-state index in [2.05, 4.69) is 23.1 Å². The molecule has 2 heterocycles. The molecule has 0 unspecified atom stereocenters. The Balaban J connectivity index is 1.42. The van der Waals surface area contributed by atoms with Crippen molar-refractivity contribution in [2.75, 3.05) is 19.9 Å². The Morgan fingerprint density at radius 2 is 1.83 bits per heavy atom. The zero-order chi connectivity index (χ0) is 15.6. The van der Waals surface area contributed by atoms with Crippen LogP contribution in [-0.4, -0.2) is 24.8 Å². The van der Waals surface area contributed by atoms with Gasteiger partial charge in [-0.3, -0.25) is 4.90 Å². The molecule has 0 atom stereocenters. The van der Waals surface area contributed by atoms with E-state index in [4.69, 9.17) is 9.47 Å². The maximum absolute atomic E-state index is 13.0. The summed E-state index contributed by atoms with van der Waals surface area (Å²) in [5.74, 6) is 1.47. The average Bonchev–Trinajstić information content (AvgIpc) is 3.04. The molecule has 0 saturated carbocycles. The van der Waals surface area contributed by atoms with E-state index in [0.717, 1.165) is 43.1 Å². The summed E-state index contributed by atoms with van der Waals surface area (Å²) in [6, 6.07) is 12.9. The van der Waals surface area contributed by atoms with Crippen molar-refractivity contribution >= 4 is 5.57 Å². The van der Waals surface area contributed by atoms with Crippen molar-refractivity contribution in [1.29, 1.82) is 0 Å².